The van der Waals surface area contributed by atoms with Crippen LogP contribution in [0.4, 0.5) is 0 Å². The minimum Gasteiger partial charge on any atom is -0.455 e. The minimum atomic E-state index is -1.30. The Bertz CT molecular complexity index is 1320. The molecule has 0 saturated carbocycles. The molecule has 258 valence electrons. The zero-order valence-corrected chi connectivity index (χ0v) is 29.7. The number of nitrogens with one attached hydrogen (secondary N) is 1. The molecule has 2 N–H and O–H groups in total. The maximum absolute atomic E-state index is 14.6. The molecule has 3 fully saturated rings. The van der Waals surface area contributed by atoms with E-state index in [-0.39, 0.29) is 48.2 Å². The second-order valence-corrected chi connectivity index (χ2v) is 14.9. The number of likely N-dealkylation sites (tertiary alicyclic amines) is 1. The summed E-state index contributed by atoms with van der Waals surface area (Å²) >= 11 is 3.72. The standard InChI is InChI=1S/C36H50BrN3O7/c1-8-10-16-27(42)38-23(7)30(24-14-12-11-13-15-24)46-35(45)28-29-33(43)40(25(20-41)18-21(3)4)32(34(44)39(17-9-2)22(5)6)36(29)19-26(37)31(28)47-36/h8-9,11-15,21-23,25-26,28-32,41H,1-2,10,16-20H2,3-7H3,(H,38,42)/t23-,25-,26?,28-,29+,30-,31-,32-,36+/m1/s1. The first-order chi connectivity index (χ1) is 22.3. The predicted octanol–water partition coefficient (Wildman–Crippen LogP) is 4.32. The maximum atomic E-state index is 14.6. The van der Waals surface area contributed by atoms with Gasteiger partial charge in [0.2, 0.25) is 17.7 Å². The van der Waals surface area contributed by atoms with E-state index in [9.17, 15) is 24.3 Å². The molecule has 0 aromatic heterocycles. The number of aliphatic hydroxyl groups excluding tert-OH is 1. The predicted molar refractivity (Wildman–Crippen MR) is 182 cm³/mol. The normalized spacial score (nSPS) is 28.1. The van der Waals surface area contributed by atoms with Crippen molar-refractivity contribution >= 4 is 39.6 Å². The van der Waals surface area contributed by atoms with Gasteiger partial charge < -0.3 is 29.7 Å². The van der Waals surface area contributed by atoms with Crippen LogP contribution in [-0.4, -0.2) is 92.4 Å². The van der Waals surface area contributed by atoms with Crippen molar-refractivity contribution in [1.29, 1.82) is 0 Å². The number of halogens is 1. The fraction of sp³-hybridized carbons (Fsp3) is 0.611. The zero-order chi connectivity index (χ0) is 34.6. The lowest BCUT2D eigenvalue weighted by Crippen LogP contribution is -2.60. The average Bonchev–Trinajstić information content (AvgIpc) is 3.63. The van der Waals surface area contributed by atoms with Crippen molar-refractivity contribution in [2.24, 2.45) is 17.8 Å². The highest BCUT2D eigenvalue weighted by atomic mass is 79.9. The third-order valence-corrected chi connectivity index (χ3v) is 10.4. The van der Waals surface area contributed by atoms with Gasteiger partial charge in [-0.2, -0.15) is 0 Å². The van der Waals surface area contributed by atoms with Crippen molar-refractivity contribution in [3.05, 3.63) is 61.2 Å². The molecule has 9 atom stereocenters. The highest BCUT2D eigenvalue weighted by Crippen LogP contribution is 2.61. The Balaban J connectivity index is 1.74. The van der Waals surface area contributed by atoms with Crippen LogP contribution >= 0.6 is 15.9 Å². The first-order valence-electron chi connectivity index (χ1n) is 16.6. The van der Waals surface area contributed by atoms with E-state index in [2.05, 4.69) is 34.4 Å². The van der Waals surface area contributed by atoms with Crippen LogP contribution in [0.3, 0.4) is 0 Å². The molecule has 0 aliphatic carbocycles. The molecule has 10 nitrogen and oxygen atoms in total. The van der Waals surface area contributed by atoms with Gasteiger partial charge in [-0.1, -0.05) is 72.3 Å². The summed E-state index contributed by atoms with van der Waals surface area (Å²) in [6, 6.07) is 6.68. The highest BCUT2D eigenvalue weighted by molar-refractivity contribution is 9.09. The molecule has 3 heterocycles. The molecule has 3 aliphatic heterocycles. The molecule has 1 aromatic rings. The van der Waals surface area contributed by atoms with E-state index < -0.39 is 59.6 Å². The van der Waals surface area contributed by atoms with E-state index in [1.54, 1.807) is 24.0 Å². The Hall–Kier alpha value is -3.02. The lowest BCUT2D eigenvalue weighted by molar-refractivity contribution is -0.162. The number of amides is 3. The third kappa shape index (κ3) is 7.22. The van der Waals surface area contributed by atoms with E-state index in [0.29, 0.717) is 24.8 Å². The molecular weight excluding hydrogens is 666 g/mol. The summed E-state index contributed by atoms with van der Waals surface area (Å²) in [4.78, 5) is 59.0. The summed E-state index contributed by atoms with van der Waals surface area (Å²) in [5.74, 6) is -3.41. The Morgan fingerprint density at radius 2 is 1.85 bits per heavy atom. The van der Waals surface area contributed by atoms with Crippen LogP contribution in [0.25, 0.3) is 0 Å². The van der Waals surface area contributed by atoms with Crippen molar-refractivity contribution in [3.63, 3.8) is 0 Å². The largest absolute Gasteiger partial charge is 0.455 e. The van der Waals surface area contributed by atoms with Crippen molar-refractivity contribution in [1.82, 2.24) is 15.1 Å². The van der Waals surface area contributed by atoms with Gasteiger partial charge in [0, 0.05) is 23.8 Å². The Labute approximate surface area is 287 Å². The van der Waals surface area contributed by atoms with Gasteiger partial charge in [0.1, 0.15) is 17.7 Å². The number of nitrogens with zero attached hydrogens (tertiary/aromatic N) is 2. The molecule has 4 rings (SSSR count). The van der Waals surface area contributed by atoms with Crippen LogP contribution in [-0.2, 0) is 28.7 Å². The van der Waals surface area contributed by atoms with Crippen LogP contribution in [0, 0.1) is 17.8 Å². The van der Waals surface area contributed by atoms with Crippen LogP contribution in [0.15, 0.2) is 55.6 Å². The average molecular weight is 717 g/mol. The summed E-state index contributed by atoms with van der Waals surface area (Å²) < 4.78 is 12.9. The lowest BCUT2D eigenvalue weighted by atomic mass is 9.70. The number of ether oxygens (including phenoxy) is 2. The number of aliphatic hydroxyl groups is 1. The van der Waals surface area contributed by atoms with Gasteiger partial charge in [-0.15, -0.1) is 13.2 Å². The summed E-state index contributed by atoms with van der Waals surface area (Å²) in [6.45, 7) is 17.0. The molecule has 1 aromatic carbocycles. The molecule has 3 amide bonds. The number of allylic oxidation sites excluding steroid dienone is 1. The van der Waals surface area contributed by atoms with E-state index >= 15 is 0 Å². The molecule has 1 spiro atoms. The van der Waals surface area contributed by atoms with Crippen LogP contribution in [0.5, 0.6) is 0 Å². The summed E-state index contributed by atoms with van der Waals surface area (Å²) in [5.41, 5.74) is -0.615. The molecule has 3 saturated heterocycles. The van der Waals surface area contributed by atoms with E-state index in [4.69, 9.17) is 9.47 Å². The first kappa shape index (κ1) is 36.8. The van der Waals surface area contributed by atoms with E-state index in [1.165, 1.54) is 4.90 Å². The number of carbonyl (C=O) groups excluding carboxylic acids is 4. The summed E-state index contributed by atoms with van der Waals surface area (Å²) in [6.07, 6.45) is 3.31. The maximum Gasteiger partial charge on any atom is 0.313 e. The summed E-state index contributed by atoms with van der Waals surface area (Å²) in [7, 11) is 0. The Morgan fingerprint density at radius 3 is 2.43 bits per heavy atom. The van der Waals surface area contributed by atoms with Crippen molar-refractivity contribution in [3.8, 4) is 0 Å². The topological polar surface area (TPSA) is 125 Å². The second-order valence-electron chi connectivity index (χ2n) is 13.7. The molecule has 47 heavy (non-hydrogen) atoms. The number of alkyl halides is 1. The van der Waals surface area contributed by atoms with Gasteiger partial charge in [-0.05, 0) is 51.5 Å². The van der Waals surface area contributed by atoms with Gasteiger partial charge in [-0.3, -0.25) is 19.2 Å². The quantitative estimate of drug-likeness (QED) is 0.148. The zero-order valence-electron chi connectivity index (χ0n) is 28.1. The fourth-order valence-electron chi connectivity index (χ4n) is 7.62. The van der Waals surface area contributed by atoms with Crippen molar-refractivity contribution in [2.45, 2.75) is 107 Å². The first-order valence-corrected chi connectivity index (χ1v) is 17.6. The lowest BCUT2D eigenvalue weighted by Gasteiger charge is -2.40. The van der Waals surface area contributed by atoms with Gasteiger partial charge in [-0.25, -0.2) is 0 Å². The number of fused-ring (bicyclic) bond motifs is 1. The van der Waals surface area contributed by atoms with E-state index in [0.717, 1.165) is 0 Å². The second kappa shape index (κ2) is 15.5. The number of benzene rings is 1. The third-order valence-electron chi connectivity index (χ3n) is 9.60. The van der Waals surface area contributed by atoms with Crippen LogP contribution in [0.2, 0.25) is 0 Å². The van der Waals surface area contributed by atoms with Gasteiger partial charge >= 0.3 is 5.97 Å². The molecule has 2 bridgehead atoms. The number of hydrogen-bond acceptors (Lipinski definition) is 7. The minimum absolute atomic E-state index is 0.125. The van der Waals surface area contributed by atoms with E-state index in [1.807, 2.05) is 58.0 Å². The molecule has 0 radical (unpaired) electrons. The number of carbonyl (C=O) groups is 4. The summed E-state index contributed by atoms with van der Waals surface area (Å²) in [5, 5.41) is 13.5. The number of hydrogen-bond donors (Lipinski definition) is 2. The van der Waals surface area contributed by atoms with Crippen molar-refractivity contribution < 1.29 is 33.8 Å². The number of esters is 1. The monoisotopic (exact) mass is 715 g/mol. The SMILES string of the molecule is C=CCCC(=O)N[C@H](C)[C@@H](OC(=O)[C@H]1[C@@H]2O[C@@]3(CC2Br)[C@@H]1C(=O)N([C@@H](CO)CC(C)C)[C@@H]3C(=O)N(CC=C)C(C)C)c1ccccc1. The van der Waals surface area contributed by atoms with Gasteiger partial charge in [0.05, 0.1) is 36.6 Å². The number of rotatable bonds is 16. The van der Waals surface area contributed by atoms with Gasteiger partial charge in [0.15, 0.2) is 0 Å². The highest BCUT2D eigenvalue weighted by Gasteiger charge is 2.77. The molecular formula is C36H50BrN3O7. The van der Waals surface area contributed by atoms with Crippen LogP contribution in [0.1, 0.15) is 72.0 Å². The Kier molecular flexibility index (Phi) is 12.1. The molecule has 11 heteroatoms. The van der Waals surface area contributed by atoms with Crippen molar-refractivity contribution in [2.75, 3.05) is 13.2 Å². The molecule has 3 aliphatic rings. The smallest absolute Gasteiger partial charge is 0.313 e. The fourth-order valence-corrected chi connectivity index (χ4v) is 8.56. The molecule has 1 unspecified atom stereocenters. The van der Waals surface area contributed by atoms with Crippen LogP contribution < -0.4 is 5.32 Å². The van der Waals surface area contributed by atoms with Gasteiger partial charge in [0.25, 0.3) is 0 Å². The Morgan fingerprint density at radius 1 is 1.17 bits per heavy atom.